The molecule has 0 aromatic rings. The molecule has 0 radical (unpaired) electrons. The first kappa shape index (κ1) is 21.6. The lowest BCUT2D eigenvalue weighted by Crippen LogP contribution is -2.63. The quantitative estimate of drug-likeness (QED) is 0.688. The highest BCUT2D eigenvalue weighted by atomic mass is 16.5. The highest BCUT2D eigenvalue weighted by Crippen LogP contribution is 2.68. The second kappa shape index (κ2) is 7.52. The summed E-state index contributed by atoms with van der Waals surface area (Å²) in [6.07, 6.45) is 7.05. The normalized spacial score (nSPS) is 47.4. The van der Waals surface area contributed by atoms with E-state index in [0.717, 1.165) is 25.7 Å². The van der Waals surface area contributed by atoms with Gasteiger partial charge < -0.3 is 14.6 Å². The molecule has 4 saturated carbocycles. The second-order valence-electron chi connectivity index (χ2n) is 10.8. The molecule has 6 heteroatoms. The summed E-state index contributed by atoms with van der Waals surface area (Å²) >= 11 is 0. The van der Waals surface area contributed by atoms with Crippen LogP contribution in [0.5, 0.6) is 0 Å². The van der Waals surface area contributed by atoms with Crippen molar-refractivity contribution in [3.8, 4) is 0 Å². The average Bonchev–Trinajstić information content (AvgIpc) is 3.00. The van der Waals surface area contributed by atoms with Crippen LogP contribution >= 0.6 is 0 Å². The molecule has 0 aromatic carbocycles. The summed E-state index contributed by atoms with van der Waals surface area (Å²) in [7, 11) is 0. The fraction of sp³-hybridized carbons (Fsp3) is 0.875. The Bertz CT molecular complexity index is 733. The van der Waals surface area contributed by atoms with Gasteiger partial charge in [0, 0.05) is 25.2 Å². The molecule has 4 rings (SSSR count). The van der Waals surface area contributed by atoms with Crippen molar-refractivity contribution < 1.29 is 29.0 Å². The molecule has 4 aliphatic rings. The summed E-state index contributed by atoms with van der Waals surface area (Å²) in [5, 5.41) is 9.99. The summed E-state index contributed by atoms with van der Waals surface area (Å²) in [5.74, 6) is -0.964. The molecule has 1 N–H and O–H groups in total. The number of aliphatic carboxylic acids is 1. The van der Waals surface area contributed by atoms with Crippen LogP contribution in [0.25, 0.3) is 0 Å². The molecule has 0 spiro atoms. The third-order valence-corrected chi connectivity index (χ3v) is 9.57. The van der Waals surface area contributed by atoms with Gasteiger partial charge in [0.05, 0.1) is 5.92 Å². The van der Waals surface area contributed by atoms with Gasteiger partial charge >= 0.3 is 17.9 Å². The van der Waals surface area contributed by atoms with Gasteiger partial charge in [-0.2, -0.15) is 0 Å². The Balaban J connectivity index is 1.79. The van der Waals surface area contributed by atoms with Gasteiger partial charge in [-0.05, 0) is 61.7 Å². The van der Waals surface area contributed by atoms with Crippen LogP contribution in [0, 0.1) is 40.4 Å². The molecule has 0 heterocycles. The summed E-state index contributed by atoms with van der Waals surface area (Å²) in [6.45, 7) is 7.29. The largest absolute Gasteiger partial charge is 0.481 e. The van der Waals surface area contributed by atoms with Crippen molar-refractivity contribution in [3.63, 3.8) is 0 Å². The molecular formula is C24H36O6. The van der Waals surface area contributed by atoms with Crippen LogP contribution in [0.1, 0.15) is 79.1 Å². The zero-order valence-electron chi connectivity index (χ0n) is 18.7. The number of hydrogen-bond donors (Lipinski definition) is 1. The highest BCUT2D eigenvalue weighted by Gasteiger charge is 2.68. The van der Waals surface area contributed by atoms with Crippen LogP contribution in [0.2, 0.25) is 0 Å². The molecule has 4 fully saturated rings. The maximum atomic E-state index is 12.2. The van der Waals surface area contributed by atoms with Crippen LogP contribution < -0.4 is 0 Å². The van der Waals surface area contributed by atoms with Gasteiger partial charge in [0.25, 0.3) is 0 Å². The predicted octanol–water partition coefficient (Wildman–Crippen LogP) is 4.20. The molecule has 1 unspecified atom stereocenters. The van der Waals surface area contributed by atoms with Gasteiger partial charge in [-0.15, -0.1) is 0 Å². The summed E-state index contributed by atoms with van der Waals surface area (Å²) in [6, 6.07) is 0. The molecule has 0 aliphatic heterocycles. The SMILES string of the molecule is CC(=O)O[C@H]1C[C@@H]2CCCC[C@]2(C)[C@H]2C[C@H](OC(C)=O)[C@]3(C)C(C(=O)O)CC[C@H]3[C@H]12. The number of carbonyl (C=O) groups excluding carboxylic acids is 2. The standard InChI is InChI=1S/C24H36O6/c1-13(25)29-19-11-15-7-5-6-10-23(15,3)18-12-20(30-14(2)26)24(4)16(21(18)19)8-9-17(24)22(27)28/h15-21H,5-12H2,1-4H3,(H,27,28)/t15-,16-,17?,18-,19-,20-,21-,23-,24-/m0/s1. The number of hydrogen-bond acceptors (Lipinski definition) is 5. The van der Waals surface area contributed by atoms with Gasteiger partial charge in [-0.25, -0.2) is 0 Å². The van der Waals surface area contributed by atoms with E-state index in [-0.39, 0.29) is 41.2 Å². The summed E-state index contributed by atoms with van der Waals surface area (Å²) in [5.41, 5.74) is -0.504. The molecule has 6 nitrogen and oxygen atoms in total. The second-order valence-corrected chi connectivity index (χ2v) is 10.8. The van der Waals surface area contributed by atoms with Crippen molar-refractivity contribution >= 4 is 17.9 Å². The number of esters is 2. The van der Waals surface area contributed by atoms with Crippen LogP contribution in [0.4, 0.5) is 0 Å². The van der Waals surface area contributed by atoms with Crippen LogP contribution in [0.3, 0.4) is 0 Å². The van der Waals surface area contributed by atoms with E-state index >= 15 is 0 Å². The molecular weight excluding hydrogens is 384 g/mol. The molecule has 0 saturated heterocycles. The molecule has 0 aromatic heterocycles. The number of carboxylic acid groups (broad SMARTS) is 1. The third kappa shape index (κ3) is 3.16. The van der Waals surface area contributed by atoms with Gasteiger partial charge in [0.2, 0.25) is 0 Å². The molecule has 4 aliphatic carbocycles. The van der Waals surface area contributed by atoms with E-state index in [1.807, 2.05) is 6.92 Å². The zero-order chi connectivity index (χ0) is 21.8. The van der Waals surface area contributed by atoms with Crippen molar-refractivity contribution in [1.29, 1.82) is 0 Å². The lowest BCUT2D eigenvalue weighted by molar-refractivity contribution is -0.219. The minimum atomic E-state index is -0.808. The van der Waals surface area contributed by atoms with E-state index in [2.05, 4.69) is 6.92 Å². The van der Waals surface area contributed by atoms with E-state index in [4.69, 9.17) is 9.47 Å². The Kier molecular flexibility index (Phi) is 5.43. The minimum absolute atomic E-state index is 0.0748. The summed E-state index contributed by atoms with van der Waals surface area (Å²) < 4.78 is 11.8. The Hall–Kier alpha value is -1.59. The van der Waals surface area contributed by atoms with Crippen LogP contribution in [-0.4, -0.2) is 35.2 Å². The molecule has 9 atom stereocenters. The smallest absolute Gasteiger partial charge is 0.307 e. The fourth-order valence-electron chi connectivity index (χ4n) is 8.29. The third-order valence-electron chi connectivity index (χ3n) is 9.57. The Morgan fingerprint density at radius 3 is 2.23 bits per heavy atom. The van der Waals surface area contributed by atoms with E-state index in [0.29, 0.717) is 18.8 Å². The first-order valence-corrected chi connectivity index (χ1v) is 11.7. The van der Waals surface area contributed by atoms with E-state index in [1.54, 1.807) is 0 Å². The van der Waals surface area contributed by atoms with Gasteiger partial charge in [-0.3, -0.25) is 14.4 Å². The zero-order valence-corrected chi connectivity index (χ0v) is 18.7. The molecule has 30 heavy (non-hydrogen) atoms. The van der Waals surface area contributed by atoms with E-state index in [9.17, 15) is 19.5 Å². The van der Waals surface area contributed by atoms with Crippen LogP contribution in [-0.2, 0) is 23.9 Å². The van der Waals surface area contributed by atoms with Gasteiger partial charge in [0.1, 0.15) is 12.2 Å². The summed E-state index contributed by atoms with van der Waals surface area (Å²) in [4.78, 5) is 36.2. The first-order valence-electron chi connectivity index (χ1n) is 11.7. The van der Waals surface area contributed by atoms with Gasteiger partial charge in [-0.1, -0.05) is 26.7 Å². The van der Waals surface area contributed by atoms with Crippen molar-refractivity contribution in [2.24, 2.45) is 40.4 Å². The molecule has 0 amide bonds. The number of carboxylic acids is 1. The number of carbonyl (C=O) groups is 3. The monoisotopic (exact) mass is 420 g/mol. The first-order chi connectivity index (χ1) is 14.1. The van der Waals surface area contributed by atoms with Gasteiger partial charge in [0.15, 0.2) is 0 Å². The molecule has 168 valence electrons. The topological polar surface area (TPSA) is 89.9 Å². The van der Waals surface area contributed by atoms with Crippen molar-refractivity contribution in [1.82, 2.24) is 0 Å². The number of rotatable bonds is 3. The number of ether oxygens (including phenoxy) is 2. The maximum absolute atomic E-state index is 12.2. The van der Waals surface area contributed by atoms with Crippen molar-refractivity contribution in [2.45, 2.75) is 91.3 Å². The minimum Gasteiger partial charge on any atom is -0.481 e. The maximum Gasteiger partial charge on any atom is 0.307 e. The average molecular weight is 421 g/mol. The Morgan fingerprint density at radius 2 is 1.60 bits per heavy atom. The molecule has 0 bridgehead atoms. The van der Waals surface area contributed by atoms with E-state index in [1.165, 1.54) is 26.7 Å². The van der Waals surface area contributed by atoms with Crippen LogP contribution in [0.15, 0.2) is 0 Å². The van der Waals surface area contributed by atoms with Crippen molar-refractivity contribution in [3.05, 3.63) is 0 Å². The fourth-order valence-corrected chi connectivity index (χ4v) is 8.29. The number of fused-ring (bicyclic) bond motifs is 5. The van der Waals surface area contributed by atoms with Crippen molar-refractivity contribution in [2.75, 3.05) is 0 Å². The lowest BCUT2D eigenvalue weighted by atomic mass is 9.43. The predicted molar refractivity (Wildman–Crippen MR) is 109 cm³/mol. The Morgan fingerprint density at radius 1 is 0.900 bits per heavy atom. The lowest BCUT2D eigenvalue weighted by Gasteiger charge is -2.63. The highest BCUT2D eigenvalue weighted by molar-refractivity contribution is 5.72. The van der Waals surface area contributed by atoms with E-state index < -0.39 is 23.4 Å². The Labute approximate surface area is 179 Å².